The van der Waals surface area contributed by atoms with Crippen LogP contribution in [0.2, 0.25) is 0 Å². The summed E-state index contributed by atoms with van der Waals surface area (Å²) in [6.07, 6.45) is -0.157. The molecule has 7 heteroatoms. The van der Waals surface area contributed by atoms with Crippen molar-refractivity contribution >= 4 is 17.0 Å². The first kappa shape index (κ1) is 16.5. The van der Waals surface area contributed by atoms with Crippen LogP contribution < -0.4 is 5.73 Å². The summed E-state index contributed by atoms with van der Waals surface area (Å²) in [7, 11) is 0. The van der Waals surface area contributed by atoms with Crippen LogP contribution in [-0.2, 0) is 4.74 Å². The molecule has 0 radical (unpaired) electrons. The van der Waals surface area contributed by atoms with E-state index in [-0.39, 0.29) is 23.4 Å². The fourth-order valence-electron chi connectivity index (χ4n) is 3.57. The second-order valence-corrected chi connectivity index (χ2v) is 6.46. The monoisotopic (exact) mass is 360 g/mol. The SMILES string of the molecule is NC(=O)O[C@H]1C[C@H](c2c(-c3ccc(F)cc3)[nH]c3c(F)cc(F)cc32)C1. The molecule has 4 nitrogen and oxygen atoms in total. The number of ether oxygens (including phenoxy) is 1. The molecule has 0 unspecified atom stereocenters. The van der Waals surface area contributed by atoms with Crippen molar-refractivity contribution in [3.63, 3.8) is 0 Å². The van der Waals surface area contributed by atoms with Gasteiger partial charge in [-0.3, -0.25) is 0 Å². The molecule has 0 bridgehead atoms. The summed E-state index contributed by atoms with van der Waals surface area (Å²) in [5.74, 6) is -1.82. The molecule has 1 aromatic heterocycles. The maximum atomic E-state index is 14.2. The minimum atomic E-state index is -0.844. The lowest BCUT2D eigenvalue weighted by molar-refractivity contribution is 0.0459. The van der Waals surface area contributed by atoms with Crippen molar-refractivity contribution in [3.8, 4) is 11.3 Å². The van der Waals surface area contributed by atoms with Crippen molar-refractivity contribution < 1.29 is 22.7 Å². The van der Waals surface area contributed by atoms with Gasteiger partial charge in [0.25, 0.3) is 0 Å². The van der Waals surface area contributed by atoms with Gasteiger partial charge in [-0.25, -0.2) is 18.0 Å². The number of carbonyl (C=O) groups is 1. The van der Waals surface area contributed by atoms with E-state index >= 15 is 0 Å². The standard InChI is InChI=1S/C19H15F3N2O2/c20-11-3-1-9(2-4-11)17-16(10-5-13(6-10)26-19(23)25)14-7-12(21)8-15(22)18(14)24-17/h1-4,7-8,10,13,24H,5-6H2,(H2,23,25)/t10-,13-. The lowest BCUT2D eigenvalue weighted by Gasteiger charge is -2.34. The molecule has 2 aromatic carbocycles. The van der Waals surface area contributed by atoms with Gasteiger partial charge in [-0.2, -0.15) is 0 Å². The van der Waals surface area contributed by atoms with Crippen LogP contribution in [-0.4, -0.2) is 17.2 Å². The molecule has 1 fully saturated rings. The van der Waals surface area contributed by atoms with Crippen LogP contribution in [0.5, 0.6) is 0 Å². The third-order valence-electron chi connectivity index (χ3n) is 4.78. The highest BCUT2D eigenvalue weighted by Crippen LogP contribution is 2.46. The Labute approximate surface area is 146 Å². The Hall–Kier alpha value is -2.96. The van der Waals surface area contributed by atoms with Crippen LogP contribution in [0.25, 0.3) is 22.2 Å². The zero-order valence-corrected chi connectivity index (χ0v) is 13.6. The van der Waals surface area contributed by atoms with E-state index in [0.717, 1.165) is 11.6 Å². The summed E-state index contributed by atoms with van der Waals surface area (Å²) in [5.41, 5.74) is 7.22. The smallest absolute Gasteiger partial charge is 0.404 e. The number of nitrogens with two attached hydrogens (primary N) is 1. The first-order valence-corrected chi connectivity index (χ1v) is 8.15. The Morgan fingerprint density at radius 3 is 2.42 bits per heavy atom. The molecule has 1 amide bonds. The van der Waals surface area contributed by atoms with Crippen molar-refractivity contribution in [2.75, 3.05) is 0 Å². The van der Waals surface area contributed by atoms with E-state index in [1.165, 1.54) is 18.2 Å². The Kier molecular flexibility index (Phi) is 3.86. The number of H-pyrrole nitrogens is 1. The van der Waals surface area contributed by atoms with Gasteiger partial charge in [-0.1, -0.05) is 0 Å². The maximum Gasteiger partial charge on any atom is 0.404 e. The molecule has 0 spiro atoms. The molecule has 3 N–H and O–H groups in total. The molecule has 26 heavy (non-hydrogen) atoms. The second kappa shape index (κ2) is 6.09. The summed E-state index contributed by atoms with van der Waals surface area (Å²) >= 11 is 0. The van der Waals surface area contributed by atoms with Crippen LogP contribution in [0.3, 0.4) is 0 Å². The largest absolute Gasteiger partial charge is 0.446 e. The number of primary amides is 1. The van der Waals surface area contributed by atoms with Crippen LogP contribution >= 0.6 is 0 Å². The Morgan fingerprint density at radius 2 is 1.77 bits per heavy atom. The average molecular weight is 360 g/mol. The molecule has 0 aliphatic heterocycles. The van der Waals surface area contributed by atoms with Crippen molar-refractivity contribution in [3.05, 3.63) is 59.4 Å². The topological polar surface area (TPSA) is 68.1 Å². The number of halogens is 3. The van der Waals surface area contributed by atoms with Crippen LogP contribution in [0, 0.1) is 17.5 Å². The molecule has 4 rings (SSSR count). The molecule has 134 valence electrons. The van der Waals surface area contributed by atoms with Crippen LogP contribution in [0.1, 0.15) is 24.3 Å². The van der Waals surface area contributed by atoms with Gasteiger partial charge in [0.15, 0.2) is 0 Å². The predicted octanol–water partition coefficient (Wildman–Crippen LogP) is 4.59. The molecule has 0 atom stereocenters. The van der Waals surface area contributed by atoms with E-state index in [2.05, 4.69) is 4.98 Å². The van der Waals surface area contributed by atoms with Crippen molar-refractivity contribution in [2.24, 2.45) is 5.73 Å². The van der Waals surface area contributed by atoms with Crippen LogP contribution in [0.15, 0.2) is 36.4 Å². The quantitative estimate of drug-likeness (QED) is 0.717. The molecule has 1 heterocycles. The number of aromatic nitrogens is 1. The first-order chi connectivity index (χ1) is 12.4. The molecular weight excluding hydrogens is 345 g/mol. The number of carbonyl (C=O) groups excluding carboxylic acids is 1. The number of aromatic amines is 1. The van der Waals surface area contributed by atoms with Gasteiger partial charge in [-0.05, 0) is 60.2 Å². The number of fused-ring (bicyclic) bond motifs is 1. The highest BCUT2D eigenvalue weighted by atomic mass is 19.1. The molecule has 1 saturated carbocycles. The second-order valence-electron chi connectivity index (χ2n) is 6.46. The summed E-state index contributed by atoms with van der Waals surface area (Å²) in [6, 6.07) is 7.86. The average Bonchev–Trinajstić information content (AvgIpc) is 2.90. The molecule has 0 saturated heterocycles. The van der Waals surface area contributed by atoms with E-state index in [1.807, 2.05) is 0 Å². The number of amides is 1. The molecule has 1 aliphatic carbocycles. The van der Waals surface area contributed by atoms with Crippen LogP contribution in [0.4, 0.5) is 18.0 Å². The fraction of sp³-hybridized carbons (Fsp3) is 0.211. The lowest BCUT2D eigenvalue weighted by atomic mass is 9.75. The zero-order chi connectivity index (χ0) is 18.4. The predicted molar refractivity (Wildman–Crippen MR) is 90.0 cm³/mol. The van der Waals surface area contributed by atoms with Crippen molar-refractivity contribution in [1.29, 1.82) is 0 Å². The number of hydrogen-bond acceptors (Lipinski definition) is 2. The number of nitrogens with one attached hydrogen (secondary N) is 1. The summed E-state index contributed by atoms with van der Waals surface area (Å²) in [6.45, 7) is 0. The summed E-state index contributed by atoms with van der Waals surface area (Å²) in [5, 5.41) is 0.435. The third-order valence-corrected chi connectivity index (χ3v) is 4.78. The highest BCUT2D eigenvalue weighted by Gasteiger charge is 2.36. The summed E-state index contributed by atoms with van der Waals surface area (Å²) < 4.78 is 46.2. The summed E-state index contributed by atoms with van der Waals surface area (Å²) in [4.78, 5) is 13.9. The van der Waals surface area contributed by atoms with E-state index < -0.39 is 17.7 Å². The van der Waals surface area contributed by atoms with E-state index in [9.17, 15) is 18.0 Å². The normalized spacial score (nSPS) is 19.3. The van der Waals surface area contributed by atoms with Gasteiger partial charge < -0.3 is 15.5 Å². The number of rotatable bonds is 3. The lowest BCUT2D eigenvalue weighted by Crippen LogP contribution is -2.33. The molecular formula is C19H15F3N2O2. The fourth-order valence-corrected chi connectivity index (χ4v) is 3.57. The maximum absolute atomic E-state index is 14.2. The Bertz CT molecular complexity index is 992. The van der Waals surface area contributed by atoms with Gasteiger partial charge in [0.2, 0.25) is 0 Å². The Morgan fingerprint density at radius 1 is 1.08 bits per heavy atom. The van der Waals surface area contributed by atoms with Crippen molar-refractivity contribution in [1.82, 2.24) is 4.98 Å². The van der Waals surface area contributed by atoms with Gasteiger partial charge in [0.1, 0.15) is 23.6 Å². The van der Waals surface area contributed by atoms with Gasteiger partial charge >= 0.3 is 6.09 Å². The molecule has 1 aliphatic rings. The number of benzene rings is 2. The minimum Gasteiger partial charge on any atom is -0.446 e. The zero-order valence-electron chi connectivity index (χ0n) is 13.6. The van der Waals surface area contributed by atoms with Gasteiger partial charge in [-0.15, -0.1) is 0 Å². The number of hydrogen-bond donors (Lipinski definition) is 2. The van der Waals surface area contributed by atoms with E-state index in [4.69, 9.17) is 10.5 Å². The molecule has 3 aromatic rings. The minimum absolute atomic E-state index is 0.0608. The van der Waals surface area contributed by atoms with E-state index in [1.54, 1.807) is 12.1 Å². The third kappa shape index (κ3) is 2.79. The van der Waals surface area contributed by atoms with Gasteiger partial charge in [0, 0.05) is 11.5 Å². The van der Waals surface area contributed by atoms with Gasteiger partial charge in [0.05, 0.1) is 11.2 Å². The van der Waals surface area contributed by atoms with E-state index in [0.29, 0.717) is 29.5 Å². The highest BCUT2D eigenvalue weighted by molar-refractivity contribution is 5.92. The van der Waals surface area contributed by atoms with Crippen molar-refractivity contribution in [2.45, 2.75) is 24.9 Å². The first-order valence-electron chi connectivity index (χ1n) is 8.15. The Balaban J connectivity index is 1.82.